The van der Waals surface area contributed by atoms with Crippen LogP contribution >= 0.6 is 34.5 Å². The number of halogens is 4. The second-order valence-corrected chi connectivity index (χ2v) is 8.50. The van der Waals surface area contributed by atoms with Crippen LogP contribution in [0, 0.1) is 0 Å². The van der Waals surface area contributed by atoms with Crippen LogP contribution in [0.25, 0.3) is 0 Å². The van der Waals surface area contributed by atoms with Crippen LogP contribution in [0.1, 0.15) is 43.5 Å². The molecule has 1 aromatic carbocycles. The number of aromatic amines is 1. The van der Waals surface area contributed by atoms with Crippen molar-refractivity contribution < 1.29 is 43.0 Å². The van der Waals surface area contributed by atoms with Gasteiger partial charge in [0, 0.05) is 12.0 Å². The zero-order valence-corrected chi connectivity index (χ0v) is 19.9. The highest BCUT2D eigenvalue weighted by Crippen LogP contribution is 2.36. The molecule has 2 heterocycles. The first kappa shape index (κ1) is 27.5. The van der Waals surface area contributed by atoms with Gasteiger partial charge in [0.05, 0.1) is 11.5 Å². The highest BCUT2D eigenvalue weighted by atomic mass is 35.5. The van der Waals surface area contributed by atoms with Crippen molar-refractivity contribution in [3.63, 3.8) is 0 Å². The van der Waals surface area contributed by atoms with E-state index in [4.69, 9.17) is 32.7 Å². The lowest BCUT2D eigenvalue weighted by molar-refractivity contribution is -0.377. The maximum Gasteiger partial charge on any atom is 0.387 e. The summed E-state index contributed by atoms with van der Waals surface area (Å²) in [5.74, 6) is -0.757. The molecule has 2 N–H and O–H groups in total. The van der Waals surface area contributed by atoms with Gasteiger partial charge in [-0.2, -0.15) is 8.78 Å². The highest BCUT2D eigenvalue weighted by molar-refractivity contribution is 7.15. The van der Waals surface area contributed by atoms with Crippen LogP contribution in [0.5, 0.6) is 11.5 Å². The number of hydrogen-bond acceptors (Lipinski definition) is 7. The summed E-state index contributed by atoms with van der Waals surface area (Å²) in [5.41, 5.74) is 0.959. The van der Waals surface area contributed by atoms with E-state index in [9.17, 15) is 18.4 Å². The standard InChI is InChI=1S/C22H17Cl2F2NO5S.H2O/c1-2-30-19-7-12(3-5-17(19)32-22(25)26)18(8-14-15(23)9-27-10-16(14)24)31-21(29)20-6-4-13(11-28)33-20;/h3-7,9-11,18,22H,2,8H2,1H3;1H2/t18-;/m0./s1. The zero-order valence-electron chi connectivity index (χ0n) is 17.6. The molecule has 0 spiro atoms. The van der Waals surface area contributed by atoms with Crippen molar-refractivity contribution in [2.24, 2.45) is 0 Å². The van der Waals surface area contributed by atoms with Gasteiger partial charge in [-0.25, -0.2) is 9.78 Å². The number of carbonyl (C=O) groups excluding carboxylic acids is 2. The summed E-state index contributed by atoms with van der Waals surface area (Å²) in [7, 11) is 0. The number of alkyl halides is 2. The largest absolute Gasteiger partial charge is 0.870 e. The van der Waals surface area contributed by atoms with Crippen molar-refractivity contribution >= 4 is 46.8 Å². The van der Waals surface area contributed by atoms with Gasteiger partial charge in [-0.1, -0.05) is 29.3 Å². The minimum absolute atomic E-state index is 0. The molecule has 0 aliphatic rings. The Hall–Kier alpha value is -2.79. The fourth-order valence-electron chi connectivity index (χ4n) is 2.98. The van der Waals surface area contributed by atoms with Gasteiger partial charge in [-0.15, -0.1) is 11.3 Å². The number of aromatic nitrogens is 1. The Morgan fingerprint density at radius 2 is 1.85 bits per heavy atom. The first-order valence-corrected chi connectivity index (χ1v) is 11.2. The Kier molecular flexibility index (Phi) is 10.2. The molecule has 7 nitrogen and oxygen atoms in total. The van der Waals surface area contributed by atoms with Gasteiger partial charge in [0.1, 0.15) is 21.0 Å². The Morgan fingerprint density at radius 1 is 1.15 bits per heavy atom. The summed E-state index contributed by atoms with van der Waals surface area (Å²) < 4.78 is 41.2. The van der Waals surface area contributed by atoms with E-state index >= 15 is 0 Å². The van der Waals surface area contributed by atoms with E-state index in [0.29, 0.717) is 32.3 Å². The second-order valence-electron chi connectivity index (χ2n) is 6.57. The maximum atomic E-state index is 12.8. The number of nitrogens with one attached hydrogen (secondary N) is 1. The fraction of sp³-hybridized carbons (Fsp3) is 0.227. The molecule has 0 bridgehead atoms. The van der Waals surface area contributed by atoms with Gasteiger partial charge < -0.3 is 19.7 Å². The third kappa shape index (κ3) is 6.86. The molecular weight excluding hydrogens is 515 g/mol. The Balaban J connectivity index is 0.00000408. The average molecular weight is 534 g/mol. The molecule has 0 aliphatic heterocycles. The van der Waals surface area contributed by atoms with Crippen molar-refractivity contribution in [1.82, 2.24) is 0 Å². The summed E-state index contributed by atoms with van der Waals surface area (Å²) in [5, 5.41) is 0.649. The monoisotopic (exact) mass is 533 g/mol. The fourth-order valence-corrected chi connectivity index (χ4v) is 4.22. The van der Waals surface area contributed by atoms with Crippen LogP contribution in [-0.4, -0.2) is 31.0 Å². The molecule has 0 saturated heterocycles. The summed E-state index contributed by atoms with van der Waals surface area (Å²) >= 11 is 13.5. The van der Waals surface area contributed by atoms with Gasteiger partial charge >= 0.3 is 12.6 Å². The van der Waals surface area contributed by atoms with Crippen molar-refractivity contribution in [3.05, 3.63) is 73.7 Å². The predicted octanol–water partition coefficient (Wildman–Crippen LogP) is 5.65. The Bertz CT molecular complexity index is 1120. The van der Waals surface area contributed by atoms with E-state index in [1.165, 1.54) is 42.7 Å². The molecule has 1 atom stereocenters. The number of thiophene rings is 1. The van der Waals surface area contributed by atoms with Crippen LogP contribution in [0.4, 0.5) is 8.78 Å². The lowest BCUT2D eigenvalue weighted by Crippen LogP contribution is -2.15. The second kappa shape index (κ2) is 12.6. The van der Waals surface area contributed by atoms with Gasteiger partial charge in [0.25, 0.3) is 0 Å². The topological polar surface area (TPSA) is 106 Å². The number of pyridine rings is 1. The molecule has 0 aliphatic carbocycles. The van der Waals surface area contributed by atoms with E-state index in [-0.39, 0.29) is 34.9 Å². The van der Waals surface area contributed by atoms with Crippen LogP contribution in [0.15, 0.2) is 42.7 Å². The molecule has 2 aromatic heterocycles. The maximum absolute atomic E-state index is 12.8. The number of aldehydes is 1. The third-order valence-corrected chi connectivity index (χ3v) is 6.10. The van der Waals surface area contributed by atoms with Crippen LogP contribution < -0.4 is 14.5 Å². The van der Waals surface area contributed by atoms with E-state index in [0.717, 1.165) is 11.3 Å². The molecule has 3 aromatic rings. The number of hydrogen-bond donors (Lipinski definition) is 0. The van der Waals surface area contributed by atoms with Gasteiger partial charge in [0.2, 0.25) is 0 Å². The molecule has 0 radical (unpaired) electrons. The first-order chi connectivity index (χ1) is 15.8. The highest BCUT2D eigenvalue weighted by Gasteiger charge is 2.25. The first-order valence-electron chi connectivity index (χ1n) is 9.63. The molecule has 0 unspecified atom stereocenters. The molecule has 0 amide bonds. The van der Waals surface area contributed by atoms with Crippen LogP contribution in [0.2, 0.25) is 10.0 Å². The number of H-pyrrole nitrogens is 1. The molecule has 34 heavy (non-hydrogen) atoms. The van der Waals surface area contributed by atoms with Gasteiger partial charge in [0.15, 0.2) is 30.2 Å². The summed E-state index contributed by atoms with van der Waals surface area (Å²) in [6.45, 7) is -1.14. The predicted molar refractivity (Wildman–Crippen MR) is 121 cm³/mol. The number of ether oxygens (including phenoxy) is 3. The zero-order chi connectivity index (χ0) is 24.0. The Morgan fingerprint density at radius 3 is 2.44 bits per heavy atom. The number of benzene rings is 1. The lowest BCUT2D eigenvalue weighted by Gasteiger charge is -2.20. The SMILES string of the molecule is CCOc1cc([C@H](Cc2c(Cl)c[nH+]cc2Cl)OC(=O)c2ccc(C=O)s2)ccc1OC(F)F.[OH-]. The molecule has 3 rings (SSSR count). The van der Waals surface area contributed by atoms with Gasteiger partial charge in [-0.05, 0) is 36.8 Å². The number of carbonyl (C=O) groups is 2. The van der Waals surface area contributed by atoms with Crippen molar-refractivity contribution in [2.45, 2.75) is 26.1 Å². The Labute approximate surface area is 207 Å². The average Bonchev–Trinajstić information content (AvgIpc) is 3.26. The smallest absolute Gasteiger partial charge is 0.387 e. The van der Waals surface area contributed by atoms with E-state index in [1.807, 2.05) is 0 Å². The molecular formula is C22H19Cl2F2NO6S. The summed E-state index contributed by atoms with van der Waals surface area (Å²) in [6.07, 6.45) is 2.88. The lowest BCUT2D eigenvalue weighted by atomic mass is 10.0. The minimum Gasteiger partial charge on any atom is -0.870 e. The quantitative estimate of drug-likeness (QED) is 0.246. The van der Waals surface area contributed by atoms with Crippen molar-refractivity contribution in [2.75, 3.05) is 6.61 Å². The summed E-state index contributed by atoms with van der Waals surface area (Å²) in [6, 6.07) is 7.25. The number of rotatable bonds is 10. The minimum atomic E-state index is -3.03. The number of esters is 1. The molecule has 182 valence electrons. The normalized spacial score (nSPS) is 11.5. The molecule has 0 fully saturated rings. The molecule has 0 saturated carbocycles. The van der Waals surface area contributed by atoms with Crippen LogP contribution in [-0.2, 0) is 11.2 Å². The van der Waals surface area contributed by atoms with Crippen molar-refractivity contribution in [1.29, 1.82) is 0 Å². The van der Waals surface area contributed by atoms with E-state index in [2.05, 4.69) is 9.72 Å². The molecule has 12 heteroatoms. The van der Waals surface area contributed by atoms with Crippen LogP contribution in [0.3, 0.4) is 0 Å². The van der Waals surface area contributed by atoms with E-state index < -0.39 is 18.7 Å². The van der Waals surface area contributed by atoms with Gasteiger partial charge in [-0.3, -0.25) is 4.79 Å². The van der Waals surface area contributed by atoms with Crippen molar-refractivity contribution in [3.8, 4) is 11.5 Å². The third-order valence-electron chi connectivity index (χ3n) is 4.44. The summed E-state index contributed by atoms with van der Waals surface area (Å²) in [4.78, 5) is 27.1. The van der Waals surface area contributed by atoms with E-state index in [1.54, 1.807) is 6.92 Å².